The summed E-state index contributed by atoms with van der Waals surface area (Å²) in [5, 5.41) is 5.97. The first kappa shape index (κ1) is 21.1. The van der Waals surface area contributed by atoms with Gasteiger partial charge < -0.3 is 25.0 Å². The van der Waals surface area contributed by atoms with Crippen molar-refractivity contribution in [2.24, 2.45) is 4.99 Å². The Balaban J connectivity index is 2.05. The van der Waals surface area contributed by atoms with E-state index >= 15 is 0 Å². The van der Waals surface area contributed by atoms with Crippen molar-refractivity contribution in [3.05, 3.63) is 59.2 Å². The van der Waals surface area contributed by atoms with Crippen LogP contribution in [0.5, 0.6) is 11.5 Å². The summed E-state index contributed by atoms with van der Waals surface area (Å²) in [6.07, 6.45) is 0. The van der Waals surface area contributed by atoms with Crippen LogP contribution in [0, 0.1) is 0 Å². The highest BCUT2D eigenvalue weighted by molar-refractivity contribution is 5.94. The molecule has 0 atom stereocenters. The number of hydrogen-bond donors (Lipinski definition) is 2. The third-order valence-electron chi connectivity index (χ3n) is 4.34. The van der Waals surface area contributed by atoms with Crippen LogP contribution in [-0.2, 0) is 13.1 Å². The first-order valence-electron chi connectivity index (χ1n) is 8.96. The molecule has 0 spiro atoms. The SMILES string of the molecule is CN=C(NCc1cccc(C(=O)NC)c1)N(C)Cc1ccc(OC)cc1OC. The van der Waals surface area contributed by atoms with Crippen molar-refractivity contribution in [2.45, 2.75) is 13.1 Å². The fraction of sp³-hybridized carbons (Fsp3) is 0.333. The van der Waals surface area contributed by atoms with E-state index in [-0.39, 0.29) is 5.91 Å². The Bertz CT molecular complexity index is 836. The van der Waals surface area contributed by atoms with Gasteiger partial charge in [-0.1, -0.05) is 12.1 Å². The Hall–Kier alpha value is -3.22. The minimum absolute atomic E-state index is 0.102. The molecule has 2 aromatic rings. The normalized spacial score (nSPS) is 11.0. The van der Waals surface area contributed by atoms with E-state index in [4.69, 9.17) is 9.47 Å². The van der Waals surface area contributed by atoms with E-state index in [1.807, 2.05) is 48.3 Å². The predicted molar refractivity (Wildman–Crippen MR) is 111 cm³/mol. The monoisotopic (exact) mass is 384 g/mol. The topological polar surface area (TPSA) is 75.2 Å². The molecule has 7 heteroatoms. The van der Waals surface area contributed by atoms with Gasteiger partial charge in [-0.25, -0.2) is 0 Å². The summed E-state index contributed by atoms with van der Waals surface area (Å²) in [6, 6.07) is 13.3. The van der Waals surface area contributed by atoms with Gasteiger partial charge in [-0.05, 0) is 29.8 Å². The van der Waals surface area contributed by atoms with Crippen molar-refractivity contribution in [3.63, 3.8) is 0 Å². The van der Waals surface area contributed by atoms with Gasteiger partial charge in [0.2, 0.25) is 0 Å². The second-order valence-corrected chi connectivity index (χ2v) is 6.21. The Morgan fingerprint density at radius 3 is 2.57 bits per heavy atom. The number of nitrogens with one attached hydrogen (secondary N) is 2. The van der Waals surface area contributed by atoms with Gasteiger partial charge in [0.15, 0.2) is 5.96 Å². The van der Waals surface area contributed by atoms with E-state index in [9.17, 15) is 4.79 Å². The van der Waals surface area contributed by atoms with E-state index < -0.39 is 0 Å². The third-order valence-corrected chi connectivity index (χ3v) is 4.34. The van der Waals surface area contributed by atoms with Crippen molar-refractivity contribution in [1.29, 1.82) is 0 Å². The number of rotatable bonds is 7. The molecule has 2 rings (SSSR count). The van der Waals surface area contributed by atoms with E-state index in [2.05, 4.69) is 15.6 Å². The molecule has 2 N–H and O–H groups in total. The van der Waals surface area contributed by atoms with E-state index in [0.717, 1.165) is 28.6 Å². The number of carbonyl (C=O) groups excluding carboxylic acids is 1. The molecular weight excluding hydrogens is 356 g/mol. The number of ether oxygens (including phenoxy) is 2. The van der Waals surface area contributed by atoms with Gasteiger partial charge in [0, 0.05) is 51.4 Å². The number of methoxy groups -OCH3 is 2. The molecule has 0 aliphatic heterocycles. The lowest BCUT2D eigenvalue weighted by atomic mass is 10.1. The van der Waals surface area contributed by atoms with Crippen molar-refractivity contribution in [3.8, 4) is 11.5 Å². The van der Waals surface area contributed by atoms with Crippen LogP contribution in [0.2, 0.25) is 0 Å². The highest BCUT2D eigenvalue weighted by atomic mass is 16.5. The van der Waals surface area contributed by atoms with Crippen molar-refractivity contribution < 1.29 is 14.3 Å². The van der Waals surface area contributed by atoms with Gasteiger partial charge in [0.1, 0.15) is 11.5 Å². The smallest absolute Gasteiger partial charge is 0.251 e. The second-order valence-electron chi connectivity index (χ2n) is 6.21. The van der Waals surface area contributed by atoms with Crippen molar-refractivity contribution in [2.75, 3.05) is 35.4 Å². The molecule has 150 valence electrons. The van der Waals surface area contributed by atoms with Gasteiger partial charge in [-0.2, -0.15) is 0 Å². The number of carbonyl (C=O) groups is 1. The Morgan fingerprint density at radius 1 is 1.14 bits per heavy atom. The molecule has 0 aliphatic carbocycles. The predicted octanol–water partition coefficient (Wildman–Crippen LogP) is 2.27. The number of benzene rings is 2. The van der Waals surface area contributed by atoms with Crippen LogP contribution in [0.25, 0.3) is 0 Å². The zero-order chi connectivity index (χ0) is 20.5. The number of hydrogen-bond acceptors (Lipinski definition) is 4. The Morgan fingerprint density at radius 2 is 1.93 bits per heavy atom. The second kappa shape index (κ2) is 10.2. The maximum absolute atomic E-state index is 11.8. The molecule has 0 bridgehead atoms. The third kappa shape index (κ3) is 5.39. The Kier molecular flexibility index (Phi) is 7.68. The van der Waals surface area contributed by atoms with Crippen molar-refractivity contribution in [1.82, 2.24) is 15.5 Å². The summed E-state index contributed by atoms with van der Waals surface area (Å²) >= 11 is 0. The summed E-state index contributed by atoms with van der Waals surface area (Å²) in [5.74, 6) is 2.15. The Labute approximate surface area is 166 Å². The molecule has 7 nitrogen and oxygen atoms in total. The minimum Gasteiger partial charge on any atom is -0.497 e. The first-order valence-corrected chi connectivity index (χ1v) is 8.96. The first-order chi connectivity index (χ1) is 13.5. The maximum atomic E-state index is 11.8. The highest BCUT2D eigenvalue weighted by Crippen LogP contribution is 2.25. The van der Waals surface area contributed by atoms with Crippen LogP contribution < -0.4 is 20.1 Å². The molecular formula is C21H28N4O3. The zero-order valence-electron chi connectivity index (χ0n) is 17.1. The number of nitrogens with zero attached hydrogens (tertiary/aromatic N) is 2. The van der Waals surface area contributed by atoms with Crippen LogP contribution in [0.3, 0.4) is 0 Å². The fourth-order valence-electron chi connectivity index (χ4n) is 2.85. The number of guanidine groups is 1. The minimum atomic E-state index is -0.102. The standard InChI is InChI=1S/C21H28N4O3/c1-22-20(26)16-8-6-7-15(11-16)13-24-21(23-2)25(3)14-17-9-10-18(27-4)12-19(17)28-5/h6-12H,13-14H2,1-5H3,(H,22,26)(H,23,24). The van der Waals surface area contributed by atoms with Crippen molar-refractivity contribution >= 4 is 11.9 Å². The number of aliphatic imine (C=N–C) groups is 1. The molecule has 0 saturated carbocycles. The van der Waals surface area contributed by atoms with Crippen LogP contribution >= 0.6 is 0 Å². The highest BCUT2D eigenvalue weighted by Gasteiger charge is 2.12. The van der Waals surface area contributed by atoms with Crippen LogP contribution in [0.4, 0.5) is 0 Å². The van der Waals surface area contributed by atoms with Gasteiger partial charge >= 0.3 is 0 Å². The van der Waals surface area contributed by atoms with E-state index in [1.54, 1.807) is 34.4 Å². The van der Waals surface area contributed by atoms with Gasteiger partial charge in [0.25, 0.3) is 5.91 Å². The lowest BCUT2D eigenvalue weighted by molar-refractivity contribution is 0.0963. The summed E-state index contributed by atoms with van der Waals surface area (Å²) in [4.78, 5) is 18.1. The summed E-state index contributed by atoms with van der Waals surface area (Å²) < 4.78 is 10.7. The zero-order valence-corrected chi connectivity index (χ0v) is 17.1. The van der Waals surface area contributed by atoms with Crippen LogP contribution in [0.1, 0.15) is 21.5 Å². The van der Waals surface area contributed by atoms with Gasteiger partial charge in [0.05, 0.1) is 14.2 Å². The summed E-state index contributed by atoms with van der Waals surface area (Å²) in [5.41, 5.74) is 2.65. The lowest BCUT2D eigenvalue weighted by Gasteiger charge is -2.23. The molecule has 0 aliphatic rings. The van der Waals surface area contributed by atoms with Gasteiger partial charge in [-0.15, -0.1) is 0 Å². The average molecular weight is 384 g/mol. The van der Waals surface area contributed by atoms with Gasteiger partial charge in [-0.3, -0.25) is 9.79 Å². The molecule has 0 aromatic heterocycles. The largest absolute Gasteiger partial charge is 0.497 e. The average Bonchev–Trinajstić information content (AvgIpc) is 2.74. The number of amides is 1. The maximum Gasteiger partial charge on any atom is 0.251 e. The van der Waals surface area contributed by atoms with Crippen LogP contribution in [0.15, 0.2) is 47.5 Å². The molecule has 0 radical (unpaired) electrons. The molecule has 1 amide bonds. The molecule has 0 saturated heterocycles. The molecule has 0 heterocycles. The molecule has 0 unspecified atom stereocenters. The lowest BCUT2D eigenvalue weighted by Crippen LogP contribution is -2.38. The van der Waals surface area contributed by atoms with Crippen LogP contribution in [-0.4, -0.2) is 52.1 Å². The summed E-state index contributed by atoms with van der Waals surface area (Å²) in [6.45, 7) is 1.17. The molecule has 2 aromatic carbocycles. The molecule has 0 fully saturated rings. The summed E-state index contributed by atoms with van der Waals surface area (Å²) in [7, 11) is 8.60. The fourth-order valence-corrected chi connectivity index (χ4v) is 2.85. The van der Waals surface area contributed by atoms with E-state index in [0.29, 0.717) is 18.7 Å². The molecule has 28 heavy (non-hydrogen) atoms. The van der Waals surface area contributed by atoms with E-state index in [1.165, 1.54) is 0 Å². The quantitative estimate of drug-likeness (QED) is 0.566.